The van der Waals surface area contributed by atoms with Crippen LogP contribution in [0.3, 0.4) is 0 Å². The molecule has 236 valence electrons. The molecule has 0 amide bonds. The van der Waals surface area contributed by atoms with E-state index in [-0.39, 0.29) is 5.84 Å². The molecule has 49 heavy (non-hydrogen) atoms. The van der Waals surface area contributed by atoms with Crippen molar-refractivity contribution in [2.45, 2.75) is 6.92 Å². The second-order valence-corrected chi connectivity index (χ2v) is 11.9. The first-order valence-corrected chi connectivity index (χ1v) is 16.3. The molecule has 7 aromatic carbocycles. The normalized spacial score (nSPS) is 11.2. The van der Waals surface area contributed by atoms with Crippen LogP contribution in [0.25, 0.3) is 55.3 Å². The highest BCUT2D eigenvalue weighted by atomic mass is 16.3. The second-order valence-electron chi connectivity index (χ2n) is 11.9. The molecule has 0 aliphatic carbocycles. The molecular weight excluding hydrogens is 599 g/mol. The van der Waals surface area contributed by atoms with Gasteiger partial charge < -0.3 is 10.2 Å². The maximum Gasteiger partial charge on any atom is 0.154 e. The Labute approximate surface area is 286 Å². The average molecular weight is 634 g/mol. The van der Waals surface area contributed by atoms with Crippen molar-refractivity contribution in [3.8, 4) is 33.4 Å². The number of rotatable bonds is 5. The fraction of sp³-hybridized carbons (Fsp3) is 0.0222. The third-order valence-corrected chi connectivity index (χ3v) is 8.53. The molecule has 0 aliphatic rings. The predicted molar refractivity (Wildman–Crippen MR) is 205 cm³/mol. The van der Waals surface area contributed by atoms with Gasteiger partial charge in [-0.3, -0.25) is 5.41 Å². The number of aliphatic imine (C=N–C) groups is 1. The Kier molecular flexibility index (Phi) is 8.94. The summed E-state index contributed by atoms with van der Waals surface area (Å²) in [6.45, 7) is 2.08. The standard InChI is InChI=1S/C38H27N3O.C7H8/c39-37(29-10-5-2-6-11-29)41-38(40)30-20-18-28(19-21-30)32-12-7-13-35-36(32)33-24-31(22-23-34(33)42-35)27-16-14-26(15-17-27)25-8-3-1-4-9-25;1-7-5-3-2-4-6-7/h1-24H,(H3,39,40,41);2-6H,1H3. The van der Waals surface area contributed by atoms with Crippen molar-refractivity contribution in [1.82, 2.24) is 0 Å². The van der Waals surface area contributed by atoms with Crippen molar-refractivity contribution in [1.29, 1.82) is 5.41 Å². The Morgan fingerprint density at radius 2 is 1.06 bits per heavy atom. The maximum absolute atomic E-state index is 8.29. The minimum Gasteiger partial charge on any atom is -0.456 e. The van der Waals surface area contributed by atoms with E-state index < -0.39 is 0 Å². The number of hydrogen-bond donors (Lipinski definition) is 2. The summed E-state index contributed by atoms with van der Waals surface area (Å²) < 4.78 is 6.27. The molecule has 0 atom stereocenters. The Morgan fingerprint density at radius 1 is 0.510 bits per heavy atom. The molecule has 4 heteroatoms. The van der Waals surface area contributed by atoms with Crippen LogP contribution in [0.15, 0.2) is 185 Å². The number of benzene rings is 7. The zero-order valence-electron chi connectivity index (χ0n) is 27.2. The predicted octanol–water partition coefficient (Wildman–Crippen LogP) is 11.3. The number of fused-ring (bicyclic) bond motifs is 3. The minimum atomic E-state index is 0.136. The van der Waals surface area contributed by atoms with Crippen LogP contribution in [-0.2, 0) is 0 Å². The molecule has 4 nitrogen and oxygen atoms in total. The maximum atomic E-state index is 8.29. The highest BCUT2D eigenvalue weighted by Crippen LogP contribution is 2.38. The molecule has 0 radical (unpaired) electrons. The number of aryl methyl sites for hydroxylation is 1. The van der Waals surface area contributed by atoms with Crippen LogP contribution in [0.1, 0.15) is 16.7 Å². The lowest BCUT2D eigenvalue weighted by atomic mass is 9.96. The van der Waals surface area contributed by atoms with Crippen molar-refractivity contribution < 1.29 is 4.42 Å². The fourth-order valence-electron chi connectivity index (χ4n) is 5.93. The number of furan rings is 1. The number of nitrogens with two attached hydrogens (primary N) is 1. The smallest absolute Gasteiger partial charge is 0.154 e. The molecule has 8 aromatic rings. The highest BCUT2D eigenvalue weighted by Gasteiger charge is 2.14. The summed E-state index contributed by atoms with van der Waals surface area (Å²) in [6.07, 6.45) is 0. The summed E-state index contributed by atoms with van der Waals surface area (Å²) in [4.78, 5) is 4.33. The summed E-state index contributed by atoms with van der Waals surface area (Å²) in [5, 5.41) is 10.4. The Balaban J connectivity index is 0.000000483. The molecular formula is C45H35N3O. The van der Waals surface area contributed by atoms with Gasteiger partial charge in [0.25, 0.3) is 0 Å². The van der Waals surface area contributed by atoms with Gasteiger partial charge in [0.2, 0.25) is 0 Å². The third-order valence-electron chi connectivity index (χ3n) is 8.53. The Morgan fingerprint density at radius 3 is 1.69 bits per heavy atom. The molecule has 0 bridgehead atoms. The van der Waals surface area contributed by atoms with Gasteiger partial charge in [0, 0.05) is 21.9 Å². The van der Waals surface area contributed by atoms with Crippen molar-refractivity contribution in [2.75, 3.05) is 0 Å². The Hall–Kier alpha value is -6.52. The SMILES string of the molecule is Cc1ccccc1.N=C(N=C(N)c1ccc(-c2cccc3oc4ccc(-c5ccc(-c6ccccc6)cc5)cc4c23)cc1)c1ccccc1. The van der Waals surface area contributed by atoms with Crippen LogP contribution < -0.4 is 5.73 Å². The van der Waals surface area contributed by atoms with Crippen molar-refractivity contribution in [2.24, 2.45) is 10.7 Å². The topological polar surface area (TPSA) is 75.4 Å². The van der Waals surface area contributed by atoms with Gasteiger partial charge in [-0.25, -0.2) is 4.99 Å². The van der Waals surface area contributed by atoms with E-state index in [0.29, 0.717) is 5.84 Å². The lowest BCUT2D eigenvalue weighted by molar-refractivity contribution is 0.669. The summed E-state index contributed by atoms with van der Waals surface area (Å²) in [5.74, 6) is 0.447. The monoisotopic (exact) mass is 633 g/mol. The van der Waals surface area contributed by atoms with E-state index in [1.807, 2.05) is 91.0 Å². The van der Waals surface area contributed by atoms with Crippen LogP contribution in [-0.4, -0.2) is 11.7 Å². The zero-order valence-corrected chi connectivity index (χ0v) is 27.2. The molecule has 0 fully saturated rings. The first-order chi connectivity index (χ1) is 24.0. The van der Waals surface area contributed by atoms with E-state index in [2.05, 4.69) is 96.8 Å². The molecule has 0 spiro atoms. The van der Waals surface area contributed by atoms with Gasteiger partial charge in [0.1, 0.15) is 17.0 Å². The van der Waals surface area contributed by atoms with E-state index in [0.717, 1.165) is 55.3 Å². The second kappa shape index (κ2) is 14.1. The number of amidine groups is 2. The van der Waals surface area contributed by atoms with Gasteiger partial charge in [-0.15, -0.1) is 0 Å². The quantitative estimate of drug-likeness (QED) is 0.146. The van der Waals surface area contributed by atoms with E-state index in [9.17, 15) is 0 Å². The molecule has 1 aromatic heterocycles. The molecule has 0 unspecified atom stereocenters. The highest BCUT2D eigenvalue weighted by molar-refractivity contribution is 6.14. The van der Waals surface area contributed by atoms with E-state index in [1.165, 1.54) is 16.7 Å². The van der Waals surface area contributed by atoms with Crippen LogP contribution in [0.4, 0.5) is 0 Å². The third kappa shape index (κ3) is 6.95. The molecule has 3 N–H and O–H groups in total. The lowest BCUT2D eigenvalue weighted by Gasteiger charge is -2.08. The van der Waals surface area contributed by atoms with E-state index >= 15 is 0 Å². The molecule has 0 saturated carbocycles. The van der Waals surface area contributed by atoms with Gasteiger partial charge in [-0.2, -0.15) is 0 Å². The van der Waals surface area contributed by atoms with Gasteiger partial charge in [-0.1, -0.05) is 163 Å². The van der Waals surface area contributed by atoms with Gasteiger partial charge in [-0.05, 0) is 58.5 Å². The van der Waals surface area contributed by atoms with Gasteiger partial charge in [0.15, 0.2) is 5.84 Å². The van der Waals surface area contributed by atoms with Crippen molar-refractivity contribution in [3.05, 3.63) is 193 Å². The lowest BCUT2D eigenvalue weighted by Crippen LogP contribution is -2.15. The van der Waals surface area contributed by atoms with Crippen molar-refractivity contribution in [3.63, 3.8) is 0 Å². The van der Waals surface area contributed by atoms with Gasteiger partial charge >= 0.3 is 0 Å². The molecule has 8 rings (SSSR count). The molecule has 1 heterocycles. The summed E-state index contributed by atoms with van der Waals surface area (Å²) in [6, 6.07) is 59.3. The first kappa shape index (κ1) is 31.1. The van der Waals surface area contributed by atoms with Crippen molar-refractivity contribution >= 4 is 33.6 Å². The van der Waals surface area contributed by atoms with Crippen LogP contribution in [0, 0.1) is 12.3 Å². The first-order valence-electron chi connectivity index (χ1n) is 16.3. The summed E-state index contributed by atoms with van der Waals surface area (Å²) in [7, 11) is 0. The number of nitrogens with zero attached hydrogens (tertiary/aromatic N) is 1. The average Bonchev–Trinajstić information content (AvgIpc) is 3.54. The molecule has 0 saturated heterocycles. The zero-order chi connectivity index (χ0) is 33.6. The largest absolute Gasteiger partial charge is 0.456 e. The summed E-state index contributed by atoms with van der Waals surface area (Å²) in [5.41, 5.74) is 17.6. The summed E-state index contributed by atoms with van der Waals surface area (Å²) >= 11 is 0. The Bertz CT molecular complexity index is 2380. The fourth-order valence-corrected chi connectivity index (χ4v) is 5.93. The number of nitrogens with one attached hydrogen (secondary N) is 1. The van der Waals surface area contributed by atoms with Crippen LogP contribution in [0.2, 0.25) is 0 Å². The van der Waals surface area contributed by atoms with Gasteiger partial charge in [0.05, 0.1) is 0 Å². The van der Waals surface area contributed by atoms with E-state index in [1.54, 1.807) is 0 Å². The minimum absolute atomic E-state index is 0.136. The van der Waals surface area contributed by atoms with Crippen LogP contribution >= 0.6 is 0 Å². The number of hydrogen-bond acceptors (Lipinski definition) is 2. The van der Waals surface area contributed by atoms with Crippen LogP contribution in [0.5, 0.6) is 0 Å². The molecule has 0 aliphatic heterocycles. The van der Waals surface area contributed by atoms with E-state index in [4.69, 9.17) is 15.6 Å².